The molecule has 32 heavy (non-hydrogen) atoms. The van der Waals surface area contributed by atoms with Gasteiger partial charge in [0.2, 0.25) is 5.82 Å². The van der Waals surface area contributed by atoms with E-state index in [0.29, 0.717) is 16.9 Å². The molecule has 1 N–H and O–H groups in total. The van der Waals surface area contributed by atoms with Crippen LogP contribution < -0.4 is 4.74 Å². The summed E-state index contributed by atoms with van der Waals surface area (Å²) in [5.74, 6) is -2.11. The number of benzene rings is 2. The van der Waals surface area contributed by atoms with Crippen LogP contribution in [0.5, 0.6) is 5.75 Å². The highest BCUT2D eigenvalue weighted by Crippen LogP contribution is 2.44. The van der Waals surface area contributed by atoms with Gasteiger partial charge in [0.25, 0.3) is 0 Å². The topological polar surface area (TPSA) is 86.5 Å². The Hall–Kier alpha value is -3.40. The maximum absolute atomic E-state index is 13.8. The first kappa shape index (κ1) is 21.8. The fourth-order valence-electron chi connectivity index (χ4n) is 3.99. The van der Waals surface area contributed by atoms with Gasteiger partial charge in [0.1, 0.15) is 18.0 Å². The number of carboxylic acid groups (broad SMARTS) is 1. The Morgan fingerprint density at radius 3 is 2.59 bits per heavy atom. The molecular formula is C22H20F3N3O4. The molecule has 168 valence electrons. The number of rotatable bonds is 4. The highest BCUT2D eigenvalue weighted by molar-refractivity contribution is 5.67. The Kier molecular flexibility index (Phi) is 5.41. The molecule has 3 aromatic rings. The lowest BCUT2D eigenvalue weighted by Gasteiger charge is -2.24. The highest BCUT2D eigenvalue weighted by atomic mass is 19.4. The number of halogens is 3. The van der Waals surface area contributed by atoms with E-state index < -0.39 is 36.6 Å². The zero-order chi connectivity index (χ0) is 23.2. The van der Waals surface area contributed by atoms with Gasteiger partial charge in [-0.3, -0.25) is 9.36 Å². The number of aliphatic carboxylic acids is 1. The molecule has 2 atom stereocenters. The lowest BCUT2D eigenvalue weighted by Crippen LogP contribution is -2.17. The van der Waals surface area contributed by atoms with E-state index in [1.54, 1.807) is 36.4 Å². The fraction of sp³-hybridized carbons (Fsp3) is 0.318. The van der Waals surface area contributed by atoms with Gasteiger partial charge in [-0.25, -0.2) is 0 Å². The quantitative estimate of drug-likeness (QED) is 0.632. The highest BCUT2D eigenvalue weighted by Gasteiger charge is 2.43. The Morgan fingerprint density at radius 1 is 1.19 bits per heavy atom. The summed E-state index contributed by atoms with van der Waals surface area (Å²) in [6, 6.07) is 10.2. The second-order valence-corrected chi connectivity index (χ2v) is 7.55. The molecule has 0 saturated carbocycles. The number of fused-ring (bicyclic) bond motifs is 3. The van der Waals surface area contributed by atoms with Crippen LogP contribution in [0.2, 0.25) is 0 Å². The first-order valence-corrected chi connectivity index (χ1v) is 9.76. The van der Waals surface area contributed by atoms with E-state index in [1.165, 1.54) is 7.11 Å². The number of hydrogen-bond donors (Lipinski definition) is 1. The third-order valence-electron chi connectivity index (χ3n) is 5.42. The van der Waals surface area contributed by atoms with Crippen LogP contribution in [-0.2, 0) is 15.7 Å². The monoisotopic (exact) mass is 447 g/mol. The van der Waals surface area contributed by atoms with E-state index in [1.807, 2.05) is 13.8 Å². The van der Waals surface area contributed by atoms with Gasteiger partial charge in [-0.1, -0.05) is 29.8 Å². The molecular weight excluding hydrogens is 427 g/mol. The number of aromatic nitrogens is 3. The van der Waals surface area contributed by atoms with Gasteiger partial charge in [0.15, 0.2) is 5.82 Å². The Morgan fingerprint density at radius 2 is 1.94 bits per heavy atom. The van der Waals surface area contributed by atoms with Gasteiger partial charge in [-0.15, -0.1) is 10.2 Å². The maximum Gasteiger partial charge on any atom is 0.452 e. The molecule has 0 fully saturated rings. The molecule has 10 heteroatoms. The number of aryl methyl sites for hydroxylation is 1. The van der Waals surface area contributed by atoms with E-state index in [0.717, 1.165) is 15.7 Å². The van der Waals surface area contributed by atoms with Crippen LogP contribution >= 0.6 is 0 Å². The van der Waals surface area contributed by atoms with E-state index in [4.69, 9.17) is 9.47 Å². The predicted molar refractivity (Wildman–Crippen MR) is 107 cm³/mol. The number of methoxy groups -OCH3 is 1. The minimum Gasteiger partial charge on any atom is -0.496 e. The summed E-state index contributed by atoms with van der Waals surface area (Å²) in [5, 5.41) is 16.5. The average molecular weight is 447 g/mol. The van der Waals surface area contributed by atoms with Crippen LogP contribution in [0.4, 0.5) is 13.2 Å². The molecule has 0 saturated heterocycles. The number of carbonyl (C=O) groups is 1. The standard InChI is InChI=1S/C22H20F3N3O4/c1-11-7-8-15-14(9-11)19(13-5-4-6-16(31-3)12(13)2)32-17(10-18(29)30)20-26-27-21(28(15)20)22(23,24)25/h4-9,17,19H,10H2,1-3H3,(H,29,30)/t17-,19-/m1/s1. The summed E-state index contributed by atoms with van der Waals surface area (Å²) in [6.07, 6.45) is -7.50. The molecule has 0 bridgehead atoms. The van der Waals surface area contributed by atoms with Gasteiger partial charge in [-0.05, 0) is 37.1 Å². The molecule has 0 spiro atoms. The summed E-state index contributed by atoms with van der Waals surface area (Å²) < 4.78 is 53.8. The van der Waals surface area contributed by atoms with Crippen molar-refractivity contribution in [3.05, 3.63) is 70.3 Å². The van der Waals surface area contributed by atoms with Gasteiger partial charge >= 0.3 is 12.1 Å². The van der Waals surface area contributed by atoms with Crippen molar-refractivity contribution in [3.63, 3.8) is 0 Å². The number of nitrogens with zero attached hydrogens (tertiary/aromatic N) is 3. The molecule has 4 rings (SSSR count). The molecule has 0 amide bonds. The van der Waals surface area contributed by atoms with Gasteiger partial charge in [0.05, 0.1) is 19.2 Å². The van der Waals surface area contributed by atoms with Crippen molar-refractivity contribution in [2.75, 3.05) is 7.11 Å². The van der Waals surface area contributed by atoms with Gasteiger partial charge in [-0.2, -0.15) is 13.2 Å². The zero-order valence-corrected chi connectivity index (χ0v) is 17.5. The van der Waals surface area contributed by atoms with Gasteiger partial charge < -0.3 is 14.6 Å². The number of carboxylic acids is 1. The van der Waals surface area contributed by atoms with Crippen LogP contribution in [0, 0.1) is 13.8 Å². The van der Waals surface area contributed by atoms with Crippen molar-refractivity contribution in [3.8, 4) is 11.4 Å². The lowest BCUT2D eigenvalue weighted by molar-refractivity contribution is -0.146. The first-order valence-electron chi connectivity index (χ1n) is 9.76. The van der Waals surface area contributed by atoms with Crippen molar-refractivity contribution < 1.29 is 32.5 Å². The summed E-state index contributed by atoms with van der Waals surface area (Å²) in [7, 11) is 1.52. The van der Waals surface area contributed by atoms with Crippen LogP contribution in [0.15, 0.2) is 36.4 Å². The normalized spacial score (nSPS) is 17.9. The molecule has 2 heterocycles. The molecule has 0 radical (unpaired) electrons. The van der Waals surface area contributed by atoms with E-state index in [-0.39, 0.29) is 11.5 Å². The van der Waals surface area contributed by atoms with Crippen molar-refractivity contribution in [1.82, 2.24) is 14.8 Å². The van der Waals surface area contributed by atoms with Gasteiger partial charge in [0, 0.05) is 5.56 Å². The molecule has 1 aliphatic heterocycles. The third kappa shape index (κ3) is 3.70. The van der Waals surface area contributed by atoms with Crippen LogP contribution in [-0.4, -0.2) is 33.0 Å². The lowest BCUT2D eigenvalue weighted by atomic mass is 9.94. The Labute approximate surface area is 181 Å². The second kappa shape index (κ2) is 7.94. The number of hydrogen-bond acceptors (Lipinski definition) is 5. The number of ether oxygens (including phenoxy) is 2. The van der Waals surface area contributed by atoms with Crippen LogP contribution in [0.1, 0.15) is 52.5 Å². The summed E-state index contributed by atoms with van der Waals surface area (Å²) in [6.45, 7) is 3.62. The maximum atomic E-state index is 13.8. The third-order valence-corrected chi connectivity index (χ3v) is 5.42. The second-order valence-electron chi connectivity index (χ2n) is 7.55. The number of alkyl halides is 3. The summed E-state index contributed by atoms with van der Waals surface area (Å²) in [4.78, 5) is 11.6. The van der Waals surface area contributed by atoms with E-state index in [9.17, 15) is 23.1 Å². The fourth-order valence-corrected chi connectivity index (χ4v) is 3.99. The van der Waals surface area contributed by atoms with E-state index in [2.05, 4.69) is 10.2 Å². The van der Waals surface area contributed by atoms with Crippen LogP contribution in [0.25, 0.3) is 5.69 Å². The SMILES string of the molecule is COc1cccc([C@H]2O[C@H](CC(=O)O)c3nnc(C(F)(F)F)n3-c3ccc(C)cc32)c1C. The first-order chi connectivity index (χ1) is 15.1. The largest absolute Gasteiger partial charge is 0.496 e. The zero-order valence-electron chi connectivity index (χ0n) is 17.5. The van der Waals surface area contributed by atoms with Crippen molar-refractivity contribution >= 4 is 5.97 Å². The average Bonchev–Trinajstić information content (AvgIpc) is 3.12. The van der Waals surface area contributed by atoms with Crippen molar-refractivity contribution in [2.24, 2.45) is 0 Å². The Balaban J connectivity index is 2.03. The molecule has 7 nitrogen and oxygen atoms in total. The predicted octanol–water partition coefficient (Wildman–Crippen LogP) is 4.55. The minimum absolute atomic E-state index is 0.183. The van der Waals surface area contributed by atoms with Crippen molar-refractivity contribution in [2.45, 2.75) is 38.7 Å². The van der Waals surface area contributed by atoms with Crippen molar-refractivity contribution in [1.29, 1.82) is 0 Å². The molecule has 1 aromatic heterocycles. The van der Waals surface area contributed by atoms with E-state index >= 15 is 0 Å². The van der Waals surface area contributed by atoms with Crippen LogP contribution in [0.3, 0.4) is 0 Å². The summed E-state index contributed by atoms with van der Waals surface area (Å²) in [5.41, 5.74) is 2.82. The Bertz CT molecular complexity index is 1190. The summed E-state index contributed by atoms with van der Waals surface area (Å²) >= 11 is 0. The molecule has 0 unspecified atom stereocenters. The minimum atomic E-state index is -4.80. The smallest absolute Gasteiger partial charge is 0.452 e. The molecule has 2 aromatic carbocycles. The molecule has 1 aliphatic rings. The molecule has 0 aliphatic carbocycles.